The number of nitriles is 1. The molecule has 0 spiro atoms. The molecule has 0 amide bonds. The summed E-state index contributed by atoms with van der Waals surface area (Å²) in [5.74, 6) is 0.0509. The van der Waals surface area contributed by atoms with E-state index in [0.29, 0.717) is 22.8 Å². The summed E-state index contributed by atoms with van der Waals surface area (Å²) >= 11 is 5.85. The van der Waals surface area contributed by atoms with E-state index in [1.165, 1.54) is 6.34 Å². The Morgan fingerprint density at radius 1 is 1.32 bits per heavy atom. The minimum Gasteiger partial charge on any atom is -0.467 e. The number of guanidine groups is 1. The van der Waals surface area contributed by atoms with E-state index in [4.69, 9.17) is 17.3 Å². The molecule has 0 atom stereocenters. The van der Waals surface area contributed by atoms with Gasteiger partial charge in [-0.3, -0.25) is 0 Å². The van der Waals surface area contributed by atoms with Crippen LogP contribution in [0.15, 0.2) is 65.0 Å². The predicted molar refractivity (Wildman–Crippen MR) is 111 cm³/mol. The summed E-state index contributed by atoms with van der Waals surface area (Å²) in [7, 11) is 0. The highest BCUT2D eigenvalue weighted by molar-refractivity contribution is 6.30. The molecule has 2 N–H and O–H groups in total. The zero-order valence-electron chi connectivity index (χ0n) is 15.1. The minimum atomic E-state index is 0.0509. The van der Waals surface area contributed by atoms with Crippen LogP contribution in [0.4, 0.5) is 5.69 Å². The molecule has 3 rings (SSSR count). The number of benzene rings is 2. The van der Waals surface area contributed by atoms with Crippen molar-refractivity contribution in [3.63, 3.8) is 0 Å². The van der Waals surface area contributed by atoms with E-state index in [1.54, 1.807) is 41.2 Å². The number of hydrogen-bond donors (Lipinski definition) is 1. The van der Waals surface area contributed by atoms with Crippen LogP contribution in [0, 0.1) is 18.3 Å². The van der Waals surface area contributed by atoms with Crippen molar-refractivity contribution in [2.45, 2.75) is 13.5 Å². The third-order valence-electron chi connectivity index (χ3n) is 3.79. The number of aryl methyl sites for hydroxylation is 1. The molecule has 0 aliphatic carbocycles. The summed E-state index contributed by atoms with van der Waals surface area (Å²) in [4.78, 5) is 12.4. The van der Waals surface area contributed by atoms with Gasteiger partial charge in [0.25, 0.3) is 0 Å². The van der Waals surface area contributed by atoms with Gasteiger partial charge in [0.1, 0.15) is 12.0 Å². The molecular weight excluding hydrogens is 374 g/mol. The Hall–Kier alpha value is -3.63. The third kappa shape index (κ3) is 4.96. The zero-order valence-corrected chi connectivity index (χ0v) is 15.9. The standard InChI is InChI=1S/C20H17ClN7/c1-14-11-28(13-26-14)19-7-6-18(8-16(19)9-22)27-20(23)25-12-24-10-15-2-4-17(21)5-3-15/h2-8,11-13H,10H2,1H3,(H2-,23,24,25,27)/q-1. The number of imidazole rings is 1. The fourth-order valence-corrected chi connectivity index (χ4v) is 2.58. The maximum Gasteiger partial charge on any atom is 0.113 e. The van der Waals surface area contributed by atoms with Crippen molar-refractivity contribution in [2.24, 2.45) is 15.7 Å². The molecule has 0 fully saturated rings. The van der Waals surface area contributed by atoms with Crippen LogP contribution in [-0.4, -0.2) is 21.8 Å². The van der Waals surface area contributed by atoms with Crippen LogP contribution in [0.25, 0.3) is 11.0 Å². The van der Waals surface area contributed by atoms with Crippen molar-refractivity contribution in [1.82, 2.24) is 9.55 Å². The fourth-order valence-electron chi connectivity index (χ4n) is 2.46. The molecule has 28 heavy (non-hydrogen) atoms. The molecule has 7 nitrogen and oxygen atoms in total. The van der Waals surface area contributed by atoms with Gasteiger partial charge in [-0.05, 0) is 49.4 Å². The Labute approximate surface area is 167 Å². The van der Waals surface area contributed by atoms with Crippen LogP contribution in [-0.2, 0) is 6.54 Å². The maximum absolute atomic E-state index is 9.43. The smallest absolute Gasteiger partial charge is 0.113 e. The Morgan fingerprint density at radius 3 is 2.79 bits per heavy atom. The number of hydrogen-bond acceptors (Lipinski definition) is 3. The predicted octanol–water partition coefficient (Wildman–Crippen LogP) is 4.25. The molecule has 8 heteroatoms. The van der Waals surface area contributed by atoms with Crippen LogP contribution >= 0.6 is 11.6 Å². The first-order valence-corrected chi connectivity index (χ1v) is 8.76. The van der Waals surface area contributed by atoms with Crippen molar-refractivity contribution in [1.29, 1.82) is 5.26 Å². The van der Waals surface area contributed by atoms with Crippen molar-refractivity contribution in [3.05, 3.63) is 82.1 Å². The number of rotatable bonds is 5. The summed E-state index contributed by atoms with van der Waals surface area (Å²) in [5, 5.41) is 14.3. The van der Waals surface area contributed by atoms with E-state index < -0.39 is 0 Å². The summed E-state index contributed by atoms with van der Waals surface area (Å²) in [6.45, 7) is 2.35. The first-order chi connectivity index (χ1) is 13.5. The first kappa shape index (κ1) is 19.1. The SMILES string of the molecule is Cc1cn(-c2ccc(N=C(N)N=C[N-]Cc3ccc(Cl)cc3)cc2C#N)cn1. The number of aromatic nitrogens is 2. The maximum atomic E-state index is 9.43. The second-order valence-electron chi connectivity index (χ2n) is 5.92. The van der Waals surface area contributed by atoms with E-state index in [9.17, 15) is 5.26 Å². The van der Waals surface area contributed by atoms with Gasteiger partial charge in [0.15, 0.2) is 0 Å². The van der Waals surface area contributed by atoms with Gasteiger partial charge in [0, 0.05) is 11.2 Å². The van der Waals surface area contributed by atoms with Gasteiger partial charge in [-0.25, -0.2) is 9.98 Å². The van der Waals surface area contributed by atoms with E-state index in [2.05, 4.69) is 26.4 Å². The molecule has 0 aliphatic rings. The number of nitrogens with zero attached hydrogens (tertiary/aromatic N) is 6. The molecule has 0 unspecified atom stereocenters. The van der Waals surface area contributed by atoms with Crippen molar-refractivity contribution < 1.29 is 0 Å². The monoisotopic (exact) mass is 390 g/mol. The first-order valence-electron chi connectivity index (χ1n) is 8.38. The van der Waals surface area contributed by atoms with Crippen LogP contribution in [0.2, 0.25) is 5.02 Å². The average Bonchev–Trinajstić information content (AvgIpc) is 3.12. The normalized spacial score (nSPS) is 11.5. The summed E-state index contributed by atoms with van der Waals surface area (Å²) < 4.78 is 1.79. The van der Waals surface area contributed by atoms with Crippen LogP contribution < -0.4 is 5.73 Å². The van der Waals surface area contributed by atoms with Crippen molar-refractivity contribution in [2.75, 3.05) is 0 Å². The lowest BCUT2D eigenvalue weighted by atomic mass is 10.1. The lowest BCUT2D eigenvalue weighted by Crippen LogP contribution is -2.07. The molecule has 2 aromatic carbocycles. The number of nitrogens with two attached hydrogens (primary N) is 1. The molecule has 140 valence electrons. The largest absolute Gasteiger partial charge is 0.467 e. The Kier molecular flexibility index (Phi) is 6.04. The second kappa shape index (κ2) is 8.84. The highest BCUT2D eigenvalue weighted by Gasteiger charge is 2.06. The molecular formula is C20H17ClN7-. The van der Waals surface area contributed by atoms with Gasteiger partial charge in [-0.2, -0.15) is 5.26 Å². The highest BCUT2D eigenvalue weighted by atomic mass is 35.5. The van der Waals surface area contributed by atoms with Crippen LogP contribution in [0.1, 0.15) is 16.8 Å². The summed E-state index contributed by atoms with van der Waals surface area (Å²) in [6, 6.07) is 14.8. The van der Waals surface area contributed by atoms with Gasteiger partial charge >= 0.3 is 0 Å². The lowest BCUT2D eigenvalue weighted by Gasteiger charge is -2.09. The van der Waals surface area contributed by atoms with E-state index in [-0.39, 0.29) is 5.96 Å². The molecule has 3 aromatic rings. The topological polar surface area (TPSA) is 106 Å². The lowest BCUT2D eigenvalue weighted by molar-refractivity contribution is 1.05. The van der Waals surface area contributed by atoms with E-state index in [1.807, 2.05) is 25.3 Å². The van der Waals surface area contributed by atoms with Gasteiger partial charge in [-0.15, -0.1) is 0 Å². The minimum absolute atomic E-state index is 0.0509. The highest BCUT2D eigenvalue weighted by Crippen LogP contribution is 2.21. The summed E-state index contributed by atoms with van der Waals surface area (Å²) in [5.41, 5.74) is 9.42. The second-order valence-corrected chi connectivity index (χ2v) is 6.35. The van der Waals surface area contributed by atoms with Gasteiger partial charge in [0.05, 0.1) is 29.0 Å². The number of halogens is 1. The quantitative estimate of drug-likeness (QED) is 0.519. The van der Waals surface area contributed by atoms with E-state index >= 15 is 0 Å². The van der Waals surface area contributed by atoms with Crippen molar-refractivity contribution in [3.8, 4) is 11.8 Å². The van der Waals surface area contributed by atoms with Crippen molar-refractivity contribution >= 4 is 29.6 Å². The zero-order chi connectivity index (χ0) is 19.9. The van der Waals surface area contributed by atoms with E-state index in [0.717, 1.165) is 16.9 Å². The van der Waals surface area contributed by atoms with Crippen LogP contribution in [0.3, 0.4) is 0 Å². The fraction of sp³-hybridized carbons (Fsp3) is 0.100. The average molecular weight is 391 g/mol. The molecule has 0 radical (unpaired) electrons. The summed E-state index contributed by atoms with van der Waals surface area (Å²) in [6.07, 6.45) is 4.87. The Balaban J connectivity index is 1.66. The molecule has 0 aliphatic heterocycles. The molecule has 0 saturated heterocycles. The molecule has 1 heterocycles. The van der Waals surface area contributed by atoms with Gasteiger partial charge in [-0.1, -0.05) is 30.1 Å². The van der Waals surface area contributed by atoms with Crippen LogP contribution in [0.5, 0.6) is 0 Å². The molecule has 1 aromatic heterocycles. The van der Waals surface area contributed by atoms with Gasteiger partial charge in [0.2, 0.25) is 0 Å². The third-order valence-corrected chi connectivity index (χ3v) is 4.04. The Bertz CT molecular complexity index is 1060. The van der Waals surface area contributed by atoms with Gasteiger partial charge < -0.3 is 20.6 Å². The Morgan fingerprint density at radius 2 is 2.11 bits per heavy atom. The number of aliphatic imine (C=N–C) groups is 2. The molecule has 0 bridgehead atoms. The molecule has 0 saturated carbocycles.